The number of carboxylic acid groups (broad SMARTS) is 1. The molecule has 6 nitrogen and oxygen atoms in total. The molecule has 1 unspecified atom stereocenters. The zero-order valence-corrected chi connectivity index (χ0v) is 17.6. The summed E-state index contributed by atoms with van der Waals surface area (Å²) >= 11 is 0. The Morgan fingerprint density at radius 3 is 2.53 bits per heavy atom. The van der Waals surface area contributed by atoms with Crippen LogP contribution >= 0.6 is 0 Å². The second kappa shape index (κ2) is 11.1. The predicted octanol–water partition coefficient (Wildman–Crippen LogP) is 5.26. The molecule has 1 heterocycles. The number of carbonyl (C=O) groups is 2. The molecule has 2 N–H and O–H groups in total. The third kappa shape index (κ3) is 6.40. The molecule has 0 saturated heterocycles. The van der Waals surface area contributed by atoms with Crippen molar-refractivity contribution in [2.45, 2.75) is 45.6 Å². The maximum Gasteiger partial charge on any atom is 0.364 e. The van der Waals surface area contributed by atoms with Gasteiger partial charge in [0.2, 0.25) is 5.83 Å². The van der Waals surface area contributed by atoms with Crippen molar-refractivity contribution in [3.05, 3.63) is 54.0 Å². The minimum Gasteiger partial charge on any atom is -0.476 e. The standard InChI is InChI=1S/C23H28FN3O3/c1-4-6-7-18(5-2)26-23(30)27(3)19-12-13-25-21(15-19)17-10-8-16(9-11-17)14-20(24)22(28)29/h8-15,18H,4-7H2,1-3H3,(H,26,30)(H,28,29)/b20-14-. The fourth-order valence-corrected chi connectivity index (χ4v) is 2.96. The van der Waals surface area contributed by atoms with Crippen LogP contribution in [0.4, 0.5) is 14.9 Å². The van der Waals surface area contributed by atoms with E-state index in [9.17, 15) is 14.0 Å². The van der Waals surface area contributed by atoms with Crippen LogP contribution in [0.1, 0.15) is 45.1 Å². The summed E-state index contributed by atoms with van der Waals surface area (Å²) in [6, 6.07) is 10.2. The van der Waals surface area contributed by atoms with Gasteiger partial charge in [0.25, 0.3) is 0 Å². The Hall–Kier alpha value is -3.22. The minimum absolute atomic E-state index is 0.146. The van der Waals surface area contributed by atoms with E-state index in [2.05, 4.69) is 24.1 Å². The van der Waals surface area contributed by atoms with Crippen molar-refractivity contribution in [1.29, 1.82) is 0 Å². The molecule has 0 spiro atoms. The van der Waals surface area contributed by atoms with Gasteiger partial charge in [0.05, 0.1) is 5.69 Å². The lowest BCUT2D eigenvalue weighted by molar-refractivity contribution is -0.134. The van der Waals surface area contributed by atoms with Crippen molar-refractivity contribution in [1.82, 2.24) is 10.3 Å². The quantitative estimate of drug-likeness (QED) is 0.550. The summed E-state index contributed by atoms with van der Waals surface area (Å²) < 4.78 is 13.2. The zero-order chi connectivity index (χ0) is 22.1. The van der Waals surface area contributed by atoms with E-state index >= 15 is 0 Å². The van der Waals surface area contributed by atoms with Gasteiger partial charge in [-0.1, -0.05) is 51.0 Å². The lowest BCUT2D eigenvalue weighted by atomic mass is 10.1. The Balaban J connectivity index is 2.14. The Labute approximate surface area is 176 Å². The molecular weight excluding hydrogens is 385 g/mol. The Bertz CT molecular complexity index is 897. The van der Waals surface area contributed by atoms with Gasteiger partial charge in [0.1, 0.15) is 0 Å². The number of carbonyl (C=O) groups excluding carboxylic acids is 1. The molecule has 0 aliphatic carbocycles. The van der Waals surface area contributed by atoms with Gasteiger partial charge in [-0.15, -0.1) is 0 Å². The monoisotopic (exact) mass is 413 g/mol. The summed E-state index contributed by atoms with van der Waals surface area (Å²) in [5.74, 6) is -2.82. The Morgan fingerprint density at radius 2 is 1.93 bits per heavy atom. The number of urea groups is 1. The fourth-order valence-electron chi connectivity index (χ4n) is 2.96. The van der Waals surface area contributed by atoms with Crippen LogP contribution in [-0.2, 0) is 4.79 Å². The summed E-state index contributed by atoms with van der Waals surface area (Å²) in [5.41, 5.74) is 2.56. The lowest BCUT2D eigenvalue weighted by Gasteiger charge is -2.23. The average Bonchev–Trinajstić information content (AvgIpc) is 2.76. The van der Waals surface area contributed by atoms with Gasteiger partial charge in [0.15, 0.2) is 0 Å². The van der Waals surface area contributed by atoms with E-state index < -0.39 is 11.8 Å². The highest BCUT2D eigenvalue weighted by Crippen LogP contribution is 2.23. The van der Waals surface area contributed by atoms with Crippen LogP contribution in [0, 0.1) is 0 Å². The van der Waals surface area contributed by atoms with Gasteiger partial charge in [-0.25, -0.2) is 9.59 Å². The van der Waals surface area contributed by atoms with Gasteiger partial charge >= 0.3 is 12.0 Å². The van der Waals surface area contributed by atoms with Crippen LogP contribution in [0.2, 0.25) is 0 Å². The number of pyridine rings is 1. The van der Waals surface area contributed by atoms with Gasteiger partial charge in [-0.05, 0) is 36.6 Å². The lowest BCUT2D eigenvalue weighted by Crippen LogP contribution is -2.43. The first-order valence-corrected chi connectivity index (χ1v) is 10.1. The van der Waals surface area contributed by atoms with E-state index in [-0.39, 0.29) is 12.1 Å². The van der Waals surface area contributed by atoms with E-state index in [1.54, 1.807) is 54.5 Å². The number of amides is 2. The molecule has 1 aromatic carbocycles. The first-order chi connectivity index (χ1) is 14.3. The van der Waals surface area contributed by atoms with Gasteiger partial charge in [-0.3, -0.25) is 9.88 Å². The molecule has 0 radical (unpaired) electrons. The molecular formula is C23H28FN3O3. The molecule has 30 heavy (non-hydrogen) atoms. The van der Waals surface area contributed by atoms with Gasteiger partial charge in [0, 0.05) is 30.5 Å². The second-order valence-electron chi connectivity index (χ2n) is 7.07. The first-order valence-electron chi connectivity index (χ1n) is 10.1. The third-order valence-corrected chi connectivity index (χ3v) is 4.87. The summed E-state index contributed by atoms with van der Waals surface area (Å²) in [4.78, 5) is 29.1. The van der Waals surface area contributed by atoms with Crippen LogP contribution in [0.15, 0.2) is 48.4 Å². The predicted molar refractivity (Wildman–Crippen MR) is 117 cm³/mol. The molecule has 1 aromatic heterocycles. The number of nitrogens with one attached hydrogen (secondary N) is 1. The van der Waals surface area contributed by atoms with Gasteiger partial charge < -0.3 is 10.4 Å². The molecule has 1 atom stereocenters. The van der Waals surface area contributed by atoms with Crippen molar-refractivity contribution in [3.8, 4) is 11.3 Å². The van der Waals surface area contributed by atoms with E-state index in [0.717, 1.165) is 37.3 Å². The second-order valence-corrected chi connectivity index (χ2v) is 7.07. The number of anilines is 1. The summed E-state index contributed by atoms with van der Waals surface area (Å²) in [5, 5.41) is 11.7. The van der Waals surface area contributed by atoms with Crippen molar-refractivity contribution in [3.63, 3.8) is 0 Å². The maximum absolute atomic E-state index is 13.2. The highest BCUT2D eigenvalue weighted by molar-refractivity contribution is 5.92. The molecule has 160 valence electrons. The largest absolute Gasteiger partial charge is 0.476 e. The Kier molecular flexibility index (Phi) is 8.53. The summed E-state index contributed by atoms with van der Waals surface area (Å²) in [7, 11) is 1.71. The molecule has 0 aliphatic rings. The molecule has 0 saturated carbocycles. The van der Waals surface area contributed by atoms with Crippen molar-refractivity contribution >= 4 is 23.8 Å². The third-order valence-electron chi connectivity index (χ3n) is 4.87. The minimum atomic E-state index is -1.60. The van der Waals surface area contributed by atoms with Crippen molar-refractivity contribution in [2.24, 2.45) is 0 Å². The number of aromatic nitrogens is 1. The van der Waals surface area contributed by atoms with Crippen LogP contribution in [-0.4, -0.2) is 35.2 Å². The average molecular weight is 413 g/mol. The first kappa shape index (κ1) is 23.1. The fraction of sp³-hybridized carbons (Fsp3) is 0.348. The zero-order valence-electron chi connectivity index (χ0n) is 17.6. The number of hydrogen-bond donors (Lipinski definition) is 2. The number of halogens is 1. The number of unbranched alkanes of at least 4 members (excludes halogenated alkanes) is 1. The van der Waals surface area contributed by atoms with E-state index in [0.29, 0.717) is 16.9 Å². The molecule has 7 heteroatoms. The highest BCUT2D eigenvalue weighted by atomic mass is 19.1. The molecule has 0 aliphatic heterocycles. The SMILES string of the molecule is CCCCC(CC)NC(=O)N(C)c1ccnc(-c2ccc(/C=C(\F)C(=O)O)cc2)c1. The van der Waals surface area contributed by atoms with E-state index in [4.69, 9.17) is 5.11 Å². The topological polar surface area (TPSA) is 82.5 Å². The molecule has 2 amide bonds. The number of hydrogen-bond acceptors (Lipinski definition) is 3. The summed E-state index contributed by atoms with van der Waals surface area (Å²) in [6.45, 7) is 4.19. The number of rotatable bonds is 9. The summed E-state index contributed by atoms with van der Waals surface area (Å²) in [6.07, 6.45) is 6.58. The van der Waals surface area contributed by atoms with Crippen molar-refractivity contribution in [2.75, 3.05) is 11.9 Å². The normalized spacial score (nSPS) is 12.3. The van der Waals surface area contributed by atoms with Crippen LogP contribution in [0.5, 0.6) is 0 Å². The number of carboxylic acids is 1. The molecule has 0 bridgehead atoms. The molecule has 2 rings (SSSR count). The van der Waals surface area contributed by atoms with Crippen LogP contribution in [0.3, 0.4) is 0 Å². The van der Waals surface area contributed by atoms with Crippen LogP contribution in [0.25, 0.3) is 17.3 Å². The maximum atomic E-state index is 13.2. The number of aliphatic carboxylic acids is 1. The smallest absolute Gasteiger partial charge is 0.364 e. The van der Waals surface area contributed by atoms with Crippen LogP contribution < -0.4 is 10.2 Å². The number of benzene rings is 1. The van der Waals surface area contributed by atoms with E-state index in [1.165, 1.54) is 0 Å². The molecule has 2 aromatic rings. The van der Waals surface area contributed by atoms with Crippen molar-refractivity contribution < 1.29 is 19.1 Å². The van der Waals surface area contributed by atoms with E-state index in [1.807, 2.05) is 0 Å². The number of nitrogens with zero attached hydrogens (tertiary/aromatic N) is 2. The highest BCUT2D eigenvalue weighted by Gasteiger charge is 2.16. The van der Waals surface area contributed by atoms with Gasteiger partial charge in [-0.2, -0.15) is 4.39 Å². The Morgan fingerprint density at radius 1 is 1.23 bits per heavy atom. The molecule has 0 fully saturated rings.